The van der Waals surface area contributed by atoms with Gasteiger partial charge in [0.25, 0.3) is 0 Å². The van der Waals surface area contributed by atoms with Crippen LogP contribution < -0.4 is 4.78 Å². The first-order chi connectivity index (χ1) is 13.4. The SMILES string of the molecule is C=C1OB(c2cc(CCCC)c(/C=C/c3sccc3CCCC)s2)OC1(C)C. The van der Waals surface area contributed by atoms with Gasteiger partial charge in [0.15, 0.2) is 0 Å². The van der Waals surface area contributed by atoms with Gasteiger partial charge in [-0.2, -0.15) is 0 Å². The minimum atomic E-state index is -0.431. The fourth-order valence-corrected chi connectivity index (χ4v) is 5.17. The summed E-state index contributed by atoms with van der Waals surface area (Å²) in [5.41, 5.74) is 2.43. The molecule has 0 atom stereocenters. The molecule has 1 fully saturated rings. The molecule has 0 spiro atoms. The average molecular weight is 414 g/mol. The van der Waals surface area contributed by atoms with Crippen molar-refractivity contribution in [3.05, 3.63) is 50.7 Å². The van der Waals surface area contributed by atoms with Crippen molar-refractivity contribution < 1.29 is 9.31 Å². The summed E-state index contributed by atoms with van der Waals surface area (Å²) >= 11 is 3.61. The Morgan fingerprint density at radius 2 is 1.75 bits per heavy atom. The number of rotatable bonds is 9. The van der Waals surface area contributed by atoms with Gasteiger partial charge in [0.1, 0.15) is 5.60 Å². The number of thiophene rings is 2. The third kappa shape index (κ3) is 5.00. The molecular formula is C23H31BO2S2. The van der Waals surface area contributed by atoms with Gasteiger partial charge in [0, 0.05) is 9.75 Å². The molecule has 150 valence electrons. The Kier molecular flexibility index (Phi) is 7.24. The molecular weight excluding hydrogens is 383 g/mol. The van der Waals surface area contributed by atoms with Crippen molar-refractivity contribution in [3.8, 4) is 0 Å². The summed E-state index contributed by atoms with van der Waals surface area (Å²) in [4.78, 5) is 2.70. The Morgan fingerprint density at radius 1 is 1.07 bits per heavy atom. The molecule has 1 aliphatic heterocycles. The van der Waals surface area contributed by atoms with Crippen molar-refractivity contribution in [3.63, 3.8) is 0 Å². The van der Waals surface area contributed by atoms with Crippen LogP contribution in [0.3, 0.4) is 0 Å². The topological polar surface area (TPSA) is 18.5 Å². The Bertz CT molecular complexity index is 832. The van der Waals surface area contributed by atoms with E-state index in [4.69, 9.17) is 9.31 Å². The summed E-state index contributed by atoms with van der Waals surface area (Å²) in [6, 6.07) is 4.54. The van der Waals surface area contributed by atoms with E-state index in [9.17, 15) is 0 Å². The second kappa shape index (κ2) is 9.47. The maximum absolute atomic E-state index is 6.10. The molecule has 2 nitrogen and oxygen atoms in total. The Morgan fingerprint density at radius 3 is 2.39 bits per heavy atom. The van der Waals surface area contributed by atoms with E-state index in [-0.39, 0.29) is 7.12 Å². The highest BCUT2D eigenvalue weighted by Crippen LogP contribution is 2.32. The van der Waals surface area contributed by atoms with E-state index >= 15 is 0 Å². The lowest BCUT2D eigenvalue weighted by Crippen LogP contribution is -2.32. The van der Waals surface area contributed by atoms with Gasteiger partial charge < -0.3 is 9.31 Å². The van der Waals surface area contributed by atoms with Crippen LogP contribution in [0.2, 0.25) is 0 Å². The minimum absolute atomic E-state index is 0.336. The minimum Gasteiger partial charge on any atom is -0.533 e. The Balaban J connectivity index is 1.82. The van der Waals surface area contributed by atoms with Crippen LogP contribution in [0.25, 0.3) is 12.2 Å². The van der Waals surface area contributed by atoms with Crippen molar-refractivity contribution in [2.24, 2.45) is 0 Å². The molecule has 3 heterocycles. The quantitative estimate of drug-likeness (QED) is 0.425. The lowest BCUT2D eigenvalue weighted by molar-refractivity contribution is 0.173. The van der Waals surface area contributed by atoms with Gasteiger partial charge in [0.2, 0.25) is 0 Å². The van der Waals surface area contributed by atoms with Gasteiger partial charge in [-0.3, -0.25) is 0 Å². The first-order valence-electron chi connectivity index (χ1n) is 10.4. The molecule has 1 saturated heterocycles. The predicted octanol–water partition coefficient (Wildman–Crippen LogP) is 6.70. The molecule has 0 amide bonds. The largest absolute Gasteiger partial charge is 0.574 e. The molecule has 0 saturated carbocycles. The van der Waals surface area contributed by atoms with Crippen molar-refractivity contribution in [2.45, 2.75) is 71.8 Å². The van der Waals surface area contributed by atoms with Crippen molar-refractivity contribution >= 4 is 46.7 Å². The van der Waals surface area contributed by atoms with E-state index < -0.39 is 5.60 Å². The number of hydrogen-bond acceptors (Lipinski definition) is 4. The van der Waals surface area contributed by atoms with Crippen molar-refractivity contribution in [2.75, 3.05) is 0 Å². The number of hydrogen-bond donors (Lipinski definition) is 0. The maximum atomic E-state index is 6.10. The van der Waals surface area contributed by atoms with Crippen LogP contribution in [0.15, 0.2) is 29.9 Å². The highest BCUT2D eigenvalue weighted by Gasteiger charge is 2.43. The van der Waals surface area contributed by atoms with Gasteiger partial charge >= 0.3 is 7.12 Å². The fraction of sp³-hybridized carbons (Fsp3) is 0.478. The van der Waals surface area contributed by atoms with Gasteiger partial charge in [-0.05, 0) is 80.3 Å². The monoisotopic (exact) mass is 414 g/mol. The van der Waals surface area contributed by atoms with E-state index in [1.54, 1.807) is 11.3 Å². The van der Waals surface area contributed by atoms with Crippen LogP contribution in [0.5, 0.6) is 0 Å². The predicted molar refractivity (Wildman–Crippen MR) is 126 cm³/mol. The van der Waals surface area contributed by atoms with Gasteiger partial charge in [-0.1, -0.05) is 33.3 Å². The average Bonchev–Trinajstić information content (AvgIpc) is 3.34. The first-order valence-corrected chi connectivity index (χ1v) is 12.0. The standard InChI is InChI=1S/C23H31BO2S2/c1-6-8-10-18-14-15-27-20(18)12-13-21-19(11-9-7-2)16-22(28-21)24-25-17(3)23(4,5)26-24/h12-16H,3,6-11H2,1-2,4-5H3/b13-12+. The third-order valence-electron chi connectivity index (χ3n) is 5.18. The lowest BCUT2D eigenvalue weighted by Gasteiger charge is -2.15. The zero-order valence-electron chi connectivity index (χ0n) is 17.5. The zero-order valence-corrected chi connectivity index (χ0v) is 19.2. The molecule has 0 aromatic carbocycles. The summed E-state index contributed by atoms with van der Waals surface area (Å²) < 4.78 is 13.2. The van der Waals surface area contributed by atoms with Crippen LogP contribution >= 0.6 is 22.7 Å². The van der Waals surface area contributed by atoms with Gasteiger partial charge in [-0.15, -0.1) is 22.7 Å². The van der Waals surface area contributed by atoms with Crippen LogP contribution in [-0.2, 0) is 22.2 Å². The molecule has 0 N–H and O–H groups in total. The molecule has 0 unspecified atom stereocenters. The smallest absolute Gasteiger partial charge is 0.533 e. The van der Waals surface area contributed by atoms with E-state index in [0.29, 0.717) is 5.76 Å². The molecule has 1 aliphatic rings. The molecule has 0 bridgehead atoms. The van der Waals surface area contributed by atoms with Gasteiger partial charge in [0.05, 0.1) is 10.5 Å². The summed E-state index contributed by atoms with van der Waals surface area (Å²) in [5.74, 6) is 0.706. The second-order valence-electron chi connectivity index (χ2n) is 7.89. The van der Waals surface area contributed by atoms with E-state index in [1.165, 1.54) is 53.0 Å². The maximum Gasteiger partial charge on any atom is 0.574 e. The van der Waals surface area contributed by atoms with E-state index in [0.717, 1.165) is 11.2 Å². The molecule has 0 aliphatic carbocycles. The van der Waals surface area contributed by atoms with E-state index in [1.807, 2.05) is 25.2 Å². The Hall–Kier alpha value is -1.30. The molecule has 5 heteroatoms. The summed E-state index contributed by atoms with van der Waals surface area (Å²) in [6.45, 7) is 12.5. The molecule has 28 heavy (non-hydrogen) atoms. The van der Waals surface area contributed by atoms with Crippen LogP contribution in [0, 0.1) is 0 Å². The fourth-order valence-electron chi connectivity index (χ4n) is 3.25. The third-order valence-corrected chi connectivity index (χ3v) is 7.27. The number of aryl methyl sites for hydroxylation is 2. The lowest BCUT2D eigenvalue weighted by atomic mass is 9.87. The van der Waals surface area contributed by atoms with Crippen LogP contribution in [0.4, 0.5) is 0 Å². The normalized spacial score (nSPS) is 16.3. The van der Waals surface area contributed by atoms with E-state index in [2.05, 4.69) is 50.1 Å². The van der Waals surface area contributed by atoms with Crippen LogP contribution in [0.1, 0.15) is 74.3 Å². The molecule has 2 aromatic rings. The van der Waals surface area contributed by atoms with Gasteiger partial charge in [-0.25, -0.2) is 0 Å². The second-order valence-corrected chi connectivity index (χ2v) is 9.95. The molecule has 0 radical (unpaired) electrons. The zero-order chi connectivity index (χ0) is 20.1. The summed E-state index contributed by atoms with van der Waals surface area (Å²) in [7, 11) is -0.336. The van der Waals surface area contributed by atoms with Crippen molar-refractivity contribution in [1.82, 2.24) is 0 Å². The van der Waals surface area contributed by atoms with Crippen LogP contribution in [-0.4, -0.2) is 12.7 Å². The molecule has 3 rings (SSSR count). The van der Waals surface area contributed by atoms with Crippen molar-refractivity contribution in [1.29, 1.82) is 0 Å². The Labute approximate surface area is 178 Å². The highest BCUT2D eigenvalue weighted by molar-refractivity contribution is 7.23. The summed E-state index contributed by atoms with van der Waals surface area (Å²) in [6.07, 6.45) is 11.7. The number of unbranched alkanes of at least 4 members (excludes halogenated alkanes) is 2. The molecule has 2 aromatic heterocycles. The summed E-state index contributed by atoms with van der Waals surface area (Å²) in [5, 5.41) is 2.20. The first kappa shape index (κ1) is 21.4. The highest BCUT2D eigenvalue weighted by atomic mass is 32.1.